The second-order valence-electron chi connectivity index (χ2n) is 2.38. The van der Waals surface area contributed by atoms with E-state index in [0.29, 0.717) is 6.61 Å². The minimum Gasteiger partial charge on any atom is -0.357 e. The topological polar surface area (TPSA) is 39.2 Å². The van der Waals surface area contributed by atoms with Crippen molar-refractivity contribution in [2.24, 2.45) is 0 Å². The number of aromatic nitrogens is 1. The Kier molecular flexibility index (Phi) is 3.32. The summed E-state index contributed by atoms with van der Waals surface area (Å²) in [5.41, 5.74) is 2.43. The molecule has 0 amide bonds. The normalized spacial score (nSPS) is 16.2. The third-order valence-corrected chi connectivity index (χ3v) is 2.80. The zero-order chi connectivity index (χ0) is 9.03. The van der Waals surface area contributed by atoms with E-state index in [9.17, 15) is 4.57 Å². The lowest BCUT2D eigenvalue weighted by atomic mass is 10.3. The highest BCUT2D eigenvalue weighted by Crippen LogP contribution is 2.35. The first-order valence-corrected chi connectivity index (χ1v) is 5.35. The van der Waals surface area contributed by atoms with E-state index in [1.807, 2.05) is 12.3 Å². The van der Waals surface area contributed by atoms with E-state index >= 15 is 0 Å². The number of thiazole rings is 1. The lowest BCUT2D eigenvalue weighted by Gasteiger charge is -2.18. The minimum atomic E-state index is -0.769. The molecule has 0 N–H and O–H groups in total. The monoisotopic (exact) mass is 203 g/mol. The van der Waals surface area contributed by atoms with E-state index in [1.54, 1.807) is 12.4 Å². The quantitative estimate of drug-likeness (QED) is 0.706. The molecule has 5 heteroatoms. The maximum atomic E-state index is 10.9. The summed E-state index contributed by atoms with van der Waals surface area (Å²) in [6.07, 6.45) is 0. The van der Waals surface area contributed by atoms with Crippen molar-refractivity contribution in [3.05, 3.63) is 16.6 Å². The van der Waals surface area contributed by atoms with E-state index in [2.05, 4.69) is 4.98 Å². The van der Waals surface area contributed by atoms with Crippen LogP contribution in [-0.2, 0) is 14.6 Å². The molecule has 0 bridgehead atoms. The molecule has 12 heavy (non-hydrogen) atoms. The summed E-state index contributed by atoms with van der Waals surface area (Å²) in [5, 5.41) is 1.08. The zero-order valence-corrected chi connectivity index (χ0v) is 8.69. The molecular weight excluding hydrogens is 193 g/mol. The second kappa shape index (κ2) is 4.08. The molecule has 0 saturated carbocycles. The third-order valence-electron chi connectivity index (χ3n) is 1.51. The van der Waals surface area contributed by atoms with Gasteiger partial charge >= 0.3 is 0 Å². The second-order valence-corrected chi connectivity index (χ2v) is 4.14. The van der Waals surface area contributed by atoms with Crippen LogP contribution in [0.4, 0.5) is 0 Å². The number of rotatable bonds is 4. The Morgan fingerprint density at radius 3 is 3.00 bits per heavy atom. The maximum absolute atomic E-state index is 10.9. The van der Waals surface area contributed by atoms with E-state index in [4.69, 9.17) is 4.74 Å². The predicted octanol–water partition coefficient (Wildman–Crippen LogP) is 2.64. The van der Waals surface area contributed by atoms with Gasteiger partial charge in [0.1, 0.15) is 0 Å². The van der Waals surface area contributed by atoms with Crippen molar-refractivity contribution in [3.8, 4) is 0 Å². The van der Waals surface area contributed by atoms with E-state index in [-0.39, 0.29) is 8.46 Å². The first-order chi connectivity index (χ1) is 5.73. The van der Waals surface area contributed by atoms with Crippen molar-refractivity contribution in [1.29, 1.82) is 0 Å². The number of ether oxygens (including phenoxy) is 1. The fourth-order valence-corrected chi connectivity index (χ4v) is 2.00. The molecule has 0 aliphatic rings. The van der Waals surface area contributed by atoms with Crippen molar-refractivity contribution in [1.82, 2.24) is 4.98 Å². The molecule has 0 fully saturated rings. The molecule has 1 aromatic rings. The Labute approximate surface area is 77.0 Å². The molecule has 1 unspecified atom stereocenters. The number of hydrogen-bond donors (Lipinski definition) is 0. The average molecular weight is 203 g/mol. The SMILES string of the molecule is CCOC(C)(P=O)c1cscn1. The summed E-state index contributed by atoms with van der Waals surface area (Å²) in [7, 11) is -0.0493. The van der Waals surface area contributed by atoms with Crippen LogP contribution in [0.5, 0.6) is 0 Å². The van der Waals surface area contributed by atoms with E-state index < -0.39 is 5.34 Å². The van der Waals surface area contributed by atoms with Gasteiger partial charge in [0.05, 0.1) is 11.2 Å². The van der Waals surface area contributed by atoms with Gasteiger partial charge in [-0.3, -0.25) is 4.57 Å². The van der Waals surface area contributed by atoms with Gasteiger partial charge in [-0.15, -0.1) is 11.3 Å². The Morgan fingerprint density at radius 2 is 2.58 bits per heavy atom. The first-order valence-electron chi connectivity index (χ1n) is 3.60. The average Bonchev–Trinajstić information content (AvgIpc) is 2.57. The van der Waals surface area contributed by atoms with Gasteiger partial charge in [0.25, 0.3) is 0 Å². The molecule has 0 aromatic carbocycles. The standard InChI is InChI=1S/C7H10NO2PS/c1-3-10-7(2,11-9)6-4-12-5-8-6/h4-5H,3H2,1-2H3. The van der Waals surface area contributed by atoms with Gasteiger partial charge in [0, 0.05) is 12.0 Å². The number of hydrogen-bond acceptors (Lipinski definition) is 4. The fourth-order valence-electron chi connectivity index (χ4n) is 0.870. The summed E-state index contributed by atoms with van der Waals surface area (Å²) < 4.78 is 16.2. The van der Waals surface area contributed by atoms with Crippen LogP contribution >= 0.6 is 19.8 Å². The first kappa shape index (κ1) is 9.78. The van der Waals surface area contributed by atoms with Crippen molar-refractivity contribution >= 4 is 19.8 Å². The number of nitrogens with zero attached hydrogens (tertiary/aromatic N) is 1. The largest absolute Gasteiger partial charge is 0.357 e. The van der Waals surface area contributed by atoms with Crippen molar-refractivity contribution in [2.45, 2.75) is 19.2 Å². The van der Waals surface area contributed by atoms with Gasteiger partial charge < -0.3 is 4.74 Å². The molecule has 0 saturated heterocycles. The molecule has 1 atom stereocenters. The lowest BCUT2D eigenvalue weighted by Crippen LogP contribution is -2.18. The third kappa shape index (κ3) is 1.89. The van der Waals surface area contributed by atoms with E-state index in [0.717, 1.165) is 5.69 Å². The molecule has 3 nitrogen and oxygen atoms in total. The zero-order valence-electron chi connectivity index (χ0n) is 6.98. The molecule has 0 radical (unpaired) electrons. The Morgan fingerprint density at radius 1 is 1.83 bits per heavy atom. The molecule has 0 spiro atoms. The van der Waals surface area contributed by atoms with Gasteiger partial charge in [0.15, 0.2) is 13.8 Å². The van der Waals surface area contributed by atoms with Crippen LogP contribution in [0.25, 0.3) is 0 Å². The van der Waals surface area contributed by atoms with Crippen molar-refractivity contribution in [2.75, 3.05) is 6.61 Å². The highest BCUT2D eigenvalue weighted by atomic mass is 32.1. The molecule has 1 rings (SSSR count). The summed E-state index contributed by atoms with van der Waals surface area (Å²) in [5.74, 6) is 0. The highest BCUT2D eigenvalue weighted by Gasteiger charge is 2.29. The maximum Gasteiger partial charge on any atom is 0.197 e. The lowest BCUT2D eigenvalue weighted by molar-refractivity contribution is 0.0385. The van der Waals surface area contributed by atoms with Crippen LogP contribution in [0.1, 0.15) is 19.5 Å². The summed E-state index contributed by atoms with van der Waals surface area (Å²) >= 11 is 1.47. The van der Waals surface area contributed by atoms with Gasteiger partial charge in [0.2, 0.25) is 0 Å². The van der Waals surface area contributed by atoms with Crippen molar-refractivity contribution in [3.63, 3.8) is 0 Å². The Bertz CT molecular complexity index is 252. The minimum absolute atomic E-state index is 0.0493. The highest BCUT2D eigenvalue weighted by molar-refractivity contribution is 7.25. The predicted molar refractivity (Wildman–Crippen MR) is 48.7 cm³/mol. The van der Waals surface area contributed by atoms with Crippen LogP contribution in [0, 0.1) is 0 Å². The molecule has 0 aliphatic carbocycles. The van der Waals surface area contributed by atoms with Crippen LogP contribution < -0.4 is 0 Å². The van der Waals surface area contributed by atoms with Crippen LogP contribution in [-0.4, -0.2) is 11.6 Å². The molecule has 1 aromatic heterocycles. The van der Waals surface area contributed by atoms with Gasteiger partial charge in [-0.1, -0.05) is 0 Å². The smallest absolute Gasteiger partial charge is 0.197 e. The van der Waals surface area contributed by atoms with Crippen molar-refractivity contribution < 1.29 is 9.30 Å². The summed E-state index contributed by atoms with van der Waals surface area (Å²) in [6, 6.07) is 0. The Hall–Kier alpha value is -0.310. The molecular formula is C7H10NO2PS. The Balaban J connectivity index is 2.87. The molecule has 1 heterocycles. The summed E-state index contributed by atoms with van der Waals surface area (Å²) in [4.78, 5) is 4.06. The van der Waals surface area contributed by atoms with Gasteiger partial charge in [-0.2, -0.15) is 0 Å². The molecule has 0 aliphatic heterocycles. The fraction of sp³-hybridized carbons (Fsp3) is 0.571. The van der Waals surface area contributed by atoms with Crippen LogP contribution in [0.3, 0.4) is 0 Å². The molecule has 66 valence electrons. The van der Waals surface area contributed by atoms with Gasteiger partial charge in [-0.05, 0) is 13.8 Å². The van der Waals surface area contributed by atoms with Crippen LogP contribution in [0.15, 0.2) is 10.9 Å². The van der Waals surface area contributed by atoms with E-state index in [1.165, 1.54) is 11.3 Å². The van der Waals surface area contributed by atoms with Crippen LogP contribution in [0.2, 0.25) is 0 Å². The summed E-state index contributed by atoms with van der Waals surface area (Å²) in [6.45, 7) is 4.17. The van der Waals surface area contributed by atoms with Gasteiger partial charge in [-0.25, -0.2) is 4.98 Å².